The number of fused-ring (bicyclic) bond motifs is 2. The number of hydrogen-bond acceptors (Lipinski definition) is 5. The van der Waals surface area contributed by atoms with Crippen molar-refractivity contribution < 1.29 is 19.1 Å². The number of carbonyl (C=O) groups is 3. The molecule has 0 spiro atoms. The number of nitrogens with one attached hydrogen (secondary N) is 2. The Bertz CT molecular complexity index is 1430. The molecule has 4 aromatic rings. The number of ether oxygens (including phenoxy) is 1. The summed E-state index contributed by atoms with van der Waals surface area (Å²) >= 11 is 0. The molecule has 182 valence electrons. The van der Waals surface area contributed by atoms with Crippen LogP contribution in [0.15, 0.2) is 73.1 Å². The molecule has 3 heterocycles. The maximum absolute atomic E-state index is 13.1. The zero-order chi connectivity index (χ0) is 25.1. The van der Waals surface area contributed by atoms with Gasteiger partial charge in [0, 0.05) is 30.4 Å². The number of pyridine rings is 1. The topological polar surface area (TPSA) is 105 Å². The summed E-state index contributed by atoms with van der Waals surface area (Å²) in [7, 11) is 0. The molecule has 2 N–H and O–H groups in total. The van der Waals surface area contributed by atoms with Crippen molar-refractivity contribution in [1.82, 2.24) is 25.1 Å². The van der Waals surface area contributed by atoms with E-state index in [-0.39, 0.29) is 12.5 Å². The van der Waals surface area contributed by atoms with Crippen LogP contribution in [0.3, 0.4) is 0 Å². The quantitative estimate of drug-likeness (QED) is 0.373. The van der Waals surface area contributed by atoms with E-state index in [1.54, 1.807) is 11.0 Å². The van der Waals surface area contributed by atoms with Crippen LogP contribution < -0.4 is 15.4 Å². The normalized spacial score (nSPS) is 13.4. The summed E-state index contributed by atoms with van der Waals surface area (Å²) in [5.41, 5.74) is 5.25. The Morgan fingerprint density at radius 1 is 1.14 bits per heavy atom. The number of rotatable bonds is 8. The molecule has 9 heteroatoms. The highest BCUT2D eigenvalue weighted by Crippen LogP contribution is 2.30. The molecule has 0 bridgehead atoms. The second kappa shape index (κ2) is 9.91. The van der Waals surface area contributed by atoms with Gasteiger partial charge in [-0.2, -0.15) is 5.10 Å². The number of urea groups is 1. The van der Waals surface area contributed by atoms with Crippen molar-refractivity contribution in [3.63, 3.8) is 0 Å². The Morgan fingerprint density at radius 3 is 2.75 bits per heavy atom. The summed E-state index contributed by atoms with van der Waals surface area (Å²) in [5.74, 6) is 0.520. The Morgan fingerprint density at radius 2 is 1.97 bits per heavy atom. The van der Waals surface area contributed by atoms with Crippen LogP contribution in [0.25, 0.3) is 16.6 Å². The van der Waals surface area contributed by atoms with Crippen LogP contribution >= 0.6 is 0 Å². The third kappa shape index (κ3) is 4.50. The first-order chi connectivity index (χ1) is 17.6. The Kier molecular flexibility index (Phi) is 6.36. The predicted molar refractivity (Wildman–Crippen MR) is 133 cm³/mol. The maximum atomic E-state index is 13.1. The van der Waals surface area contributed by atoms with Gasteiger partial charge in [0.2, 0.25) is 6.41 Å². The summed E-state index contributed by atoms with van der Waals surface area (Å²) in [6.07, 6.45) is 4.03. The molecule has 36 heavy (non-hydrogen) atoms. The second-order valence-corrected chi connectivity index (χ2v) is 8.44. The van der Waals surface area contributed by atoms with Gasteiger partial charge in [-0.3, -0.25) is 14.9 Å². The van der Waals surface area contributed by atoms with Gasteiger partial charge in [0.15, 0.2) is 0 Å². The van der Waals surface area contributed by atoms with Crippen molar-refractivity contribution >= 4 is 23.9 Å². The minimum atomic E-state index is -0.635. The standard InChI is InChI=1S/C27H25N5O4/c1-2-36-21-11-10-20-15-31(26(34)22(20)13-21)16-24(30-27(35)28-17-33)19-8-6-18(7-9-19)23-14-29-32-12-4-3-5-25(23)32/h3-14,17,24H,2,15-16H2,1H3,(H2,28,30,33,35)/t24-/m0/s1. The molecule has 0 fully saturated rings. The van der Waals surface area contributed by atoms with Crippen LogP contribution in [0.2, 0.25) is 0 Å². The van der Waals surface area contributed by atoms with E-state index in [1.807, 2.05) is 78.4 Å². The number of hydrogen-bond donors (Lipinski definition) is 2. The number of nitrogens with zero attached hydrogens (tertiary/aromatic N) is 3. The van der Waals surface area contributed by atoms with Gasteiger partial charge in [0.05, 0.1) is 24.4 Å². The van der Waals surface area contributed by atoms with Gasteiger partial charge in [0.25, 0.3) is 5.91 Å². The van der Waals surface area contributed by atoms with Crippen molar-refractivity contribution in [2.24, 2.45) is 0 Å². The molecular weight excluding hydrogens is 458 g/mol. The highest BCUT2D eigenvalue weighted by Gasteiger charge is 2.30. The molecule has 0 saturated carbocycles. The summed E-state index contributed by atoms with van der Waals surface area (Å²) < 4.78 is 7.35. The van der Waals surface area contributed by atoms with Crippen molar-refractivity contribution in [1.29, 1.82) is 0 Å². The molecule has 1 aliphatic rings. The van der Waals surface area contributed by atoms with Crippen molar-refractivity contribution in [2.45, 2.75) is 19.5 Å². The smallest absolute Gasteiger partial charge is 0.321 e. The van der Waals surface area contributed by atoms with E-state index in [1.165, 1.54) is 0 Å². The zero-order valence-electron chi connectivity index (χ0n) is 19.7. The molecule has 4 amide bonds. The lowest BCUT2D eigenvalue weighted by Crippen LogP contribution is -2.42. The van der Waals surface area contributed by atoms with Gasteiger partial charge in [-0.15, -0.1) is 0 Å². The van der Waals surface area contributed by atoms with Crippen LogP contribution in [0.1, 0.15) is 34.5 Å². The van der Waals surface area contributed by atoms with Crippen LogP contribution in [0, 0.1) is 0 Å². The summed E-state index contributed by atoms with van der Waals surface area (Å²) in [6.45, 7) is 3.07. The molecule has 9 nitrogen and oxygen atoms in total. The number of aromatic nitrogens is 2. The van der Waals surface area contributed by atoms with Crippen LogP contribution in [0.5, 0.6) is 5.75 Å². The SMILES string of the molecule is CCOc1ccc2c(c1)C(=O)N(C[C@H](NC(=O)NC=O)c1ccc(-c3cnn4ccccc34)cc1)C2. The molecule has 0 aliphatic carbocycles. The fourth-order valence-corrected chi connectivity index (χ4v) is 4.50. The lowest BCUT2D eigenvalue weighted by atomic mass is 10.0. The van der Waals surface area contributed by atoms with E-state index in [9.17, 15) is 14.4 Å². The van der Waals surface area contributed by atoms with E-state index < -0.39 is 12.1 Å². The van der Waals surface area contributed by atoms with Gasteiger partial charge in [-0.05, 0) is 47.9 Å². The van der Waals surface area contributed by atoms with E-state index in [0.717, 1.165) is 27.8 Å². The molecule has 1 atom stereocenters. The molecular formula is C27H25N5O4. The molecule has 2 aromatic heterocycles. The van der Waals surface area contributed by atoms with Gasteiger partial charge >= 0.3 is 6.03 Å². The Labute approximate surface area is 207 Å². The van der Waals surface area contributed by atoms with E-state index in [0.29, 0.717) is 30.9 Å². The van der Waals surface area contributed by atoms with E-state index in [2.05, 4.69) is 15.7 Å². The third-order valence-electron chi connectivity index (χ3n) is 6.22. The van der Waals surface area contributed by atoms with Crippen molar-refractivity contribution in [3.8, 4) is 16.9 Å². The second-order valence-electron chi connectivity index (χ2n) is 8.44. The number of carbonyl (C=O) groups excluding carboxylic acids is 3. The predicted octanol–water partition coefficient (Wildman–Crippen LogP) is 3.55. The Hall–Kier alpha value is -4.66. The highest BCUT2D eigenvalue weighted by atomic mass is 16.5. The summed E-state index contributed by atoms with van der Waals surface area (Å²) in [5, 5.41) is 9.31. The van der Waals surface area contributed by atoms with Gasteiger partial charge < -0.3 is 15.0 Å². The monoisotopic (exact) mass is 483 g/mol. The minimum Gasteiger partial charge on any atom is -0.494 e. The first kappa shape index (κ1) is 23.1. The summed E-state index contributed by atoms with van der Waals surface area (Å²) in [4.78, 5) is 37.9. The first-order valence-electron chi connectivity index (χ1n) is 11.7. The van der Waals surface area contributed by atoms with Gasteiger partial charge in [0.1, 0.15) is 5.75 Å². The van der Waals surface area contributed by atoms with Gasteiger partial charge in [-0.25, -0.2) is 9.31 Å². The number of amides is 4. The Balaban J connectivity index is 1.39. The first-order valence-corrected chi connectivity index (χ1v) is 11.7. The lowest BCUT2D eigenvalue weighted by Gasteiger charge is -2.25. The van der Waals surface area contributed by atoms with Crippen molar-refractivity contribution in [2.75, 3.05) is 13.2 Å². The average molecular weight is 484 g/mol. The zero-order valence-corrected chi connectivity index (χ0v) is 19.7. The fraction of sp³-hybridized carbons (Fsp3) is 0.185. The lowest BCUT2D eigenvalue weighted by molar-refractivity contribution is -0.108. The van der Waals surface area contributed by atoms with Crippen LogP contribution in [0.4, 0.5) is 4.79 Å². The molecule has 5 rings (SSSR count). The third-order valence-corrected chi connectivity index (χ3v) is 6.22. The largest absolute Gasteiger partial charge is 0.494 e. The molecule has 0 saturated heterocycles. The molecule has 2 aromatic carbocycles. The van der Waals surface area contributed by atoms with Crippen molar-refractivity contribution in [3.05, 3.63) is 89.7 Å². The minimum absolute atomic E-state index is 0.128. The maximum Gasteiger partial charge on any atom is 0.321 e. The number of benzene rings is 2. The van der Waals surface area contributed by atoms with Gasteiger partial charge in [-0.1, -0.05) is 36.4 Å². The number of imide groups is 1. The fourth-order valence-electron chi connectivity index (χ4n) is 4.50. The molecule has 0 unspecified atom stereocenters. The molecule has 1 aliphatic heterocycles. The molecule has 0 radical (unpaired) electrons. The van der Waals surface area contributed by atoms with E-state index >= 15 is 0 Å². The van der Waals surface area contributed by atoms with Crippen LogP contribution in [-0.2, 0) is 11.3 Å². The van der Waals surface area contributed by atoms with Crippen LogP contribution in [-0.4, -0.2) is 46.0 Å². The summed E-state index contributed by atoms with van der Waals surface area (Å²) in [6, 6.07) is 18.0. The van der Waals surface area contributed by atoms with E-state index in [4.69, 9.17) is 4.74 Å². The highest BCUT2D eigenvalue weighted by molar-refractivity contribution is 5.98. The average Bonchev–Trinajstić information content (AvgIpc) is 3.45.